The van der Waals surface area contributed by atoms with Crippen LogP contribution in [0.3, 0.4) is 0 Å². The highest BCUT2D eigenvalue weighted by Gasteiger charge is 2.16. The molecule has 0 fully saturated rings. The van der Waals surface area contributed by atoms with Crippen LogP contribution in [0.25, 0.3) is 0 Å². The van der Waals surface area contributed by atoms with Crippen molar-refractivity contribution in [2.45, 2.75) is 6.92 Å². The maximum Gasteiger partial charge on any atom is 0.274 e. The zero-order valence-electron chi connectivity index (χ0n) is 12.0. The van der Waals surface area contributed by atoms with Gasteiger partial charge < -0.3 is 5.32 Å². The number of nitrogens with one attached hydrogen (secondary N) is 2. The summed E-state index contributed by atoms with van der Waals surface area (Å²) in [5, 5.41) is 4.38. The minimum Gasteiger partial charge on any atom is -0.355 e. The monoisotopic (exact) mass is 283 g/mol. The Kier molecular flexibility index (Phi) is 4.56. The van der Waals surface area contributed by atoms with E-state index >= 15 is 0 Å². The summed E-state index contributed by atoms with van der Waals surface area (Å²) in [5.41, 5.74) is 4.51. The summed E-state index contributed by atoms with van der Waals surface area (Å²) in [6, 6.07) is 16.7. The Morgan fingerprint density at radius 2 is 1.57 bits per heavy atom. The van der Waals surface area contributed by atoms with Crippen molar-refractivity contribution in [3.63, 3.8) is 0 Å². The molecule has 5 heteroatoms. The number of anilines is 2. The largest absolute Gasteiger partial charge is 0.355 e. The van der Waals surface area contributed by atoms with Crippen LogP contribution in [0.1, 0.15) is 17.3 Å². The second-order valence-corrected chi connectivity index (χ2v) is 4.57. The first kappa shape index (κ1) is 14.6. The molecule has 0 aromatic heterocycles. The summed E-state index contributed by atoms with van der Waals surface area (Å²) in [6.07, 6.45) is 0. The van der Waals surface area contributed by atoms with Crippen LogP contribution in [-0.2, 0) is 4.79 Å². The zero-order chi connectivity index (χ0) is 15.2. The van der Waals surface area contributed by atoms with Crippen LogP contribution in [0.5, 0.6) is 0 Å². The number of hydrogen-bond acceptors (Lipinski definition) is 3. The summed E-state index contributed by atoms with van der Waals surface area (Å²) >= 11 is 0. The Bertz CT molecular complexity index is 641. The van der Waals surface area contributed by atoms with Crippen LogP contribution < -0.4 is 10.7 Å². The van der Waals surface area contributed by atoms with Crippen molar-refractivity contribution in [3.05, 3.63) is 60.2 Å². The molecule has 0 bridgehead atoms. The molecule has 5 nitrogen and oxygen atoms in total. The Morgan fingerprint density at radius 3 is 2.24 bits per heavy atom. The van der Waals surface area contributed by atoms with E-state index in [2.05, 4.69) is 10.7 Å². The van der Waals surface area contributed by atoms with Gasteiger partial charge in [-0.25, -0.2) is 0 Å². The molecule has 0 unspecified atom stereocenters. The first-order chi connectivity index (χ1) is 10.1. The van der Waals surface area contributed by atoms with Crippen LogP contribution in [0.15, 0.2) is 54.6 Å². The molecule has 0 aliphatic carbocycles. The predicted octanol–water partition coefficient (Wildman–Crippen LogP) is 2.55. The number of carbonyl (C=O) groups is 2. The molecule has 2 aromatic rings. The Balaban J connectivity index is 2.24. The average Bonchev–Trinajstić information content (AvgIpc) is 2.47. The van der Waals surface area contributed by atoms with Crippen LogP contribution in [0.4, 0.5) is 11.4 Å². The van der Waals surface area contributed by atoms with E-state index in [0.717, 1.165) is 5.69 Å². The molecule has 21 heavy (non-hydrogen) atoms. The van der Waals surface area contributed by atoms with Gasteiger partial charge >= 0.3 is 0 Å². The number of para-hydroxylation sites is 2. The highest BCUT2D eigenvalue weighted by Crippen LogP contribution is 2.21. The lowest BCUT2D eigenvalue weighted by Crippen LogP contribution is -2.42. The molecule has 0 aliphatic rings. The number of nitrogens with zero attached hydrogens (tertiary/aromatic N) is 1. The first-order valence-corrected chi connectivity index (χ1v) is 6.54. The standard InChI is InChI=1S/C16H17N3O2/c1-12(20)18-19(2)16(21)14-10-6-7-11-15(14)17-13-8-4-3-5-9-13/h3-11,17H,1-2H3,(H,18,20). The molecular weight excluding hydrogens is 266 g/mol. The molecule has 0 saturated heterocycles. The maximum atomic E-state index is 12.4. The van der Waals surface area contributed by atoms with Gasteiger partial charge in [-0.05, 0) is 24.3 Å². The highest BCUT2D eigenvalue weighted by atomic mass is 16.2. The van der Waals surface area contributed by atoms with Crippen molar-refractivity contribution in [3.8, 4) is 0 Å². The van der Waals surface area contributed by atoms with E-state index in [1.165, 1.54) is 19.0 Å². The van der Waals surface area contributed by atoms with Gasteiger partial charge in [0, 0.05) is 19.7 Å². The fourth-order valence-corrected chi connectivity index (χ4v) is 1.92. The lowest BCUT2D eigenvalue weighted by atomic mass is 10.1. The van der Waals surface area contributed by atoms with Gasteiger partial charge in [-0.1, -0.05) is 30.3 Å². The van der Waals surface area contributed by atoms with Crippen LogP contribution >= 0.6 is 0 Å². The van der Waals surface area contributed by atoms with E-state index in [9.17, 15) is 9.59 Å². The molecule has 108 valence electrons. The molecule has 0 spiro atoms. The van der Waals surface area contributed by atoms with E-state index in [4.69, 9.17) is 0 Å². The average molecular weight is 283 g/mol. The van der Waals surface area contributed by atoms with Crippen molar-refractivity contribution in [2.24, 2.45) is 0 Å². The van der Waals surface area contributed by atoms with E-state index < -0.39 is 0 Å². The van der Waals surface area contributed by atoms with Gasteiger partial charge in [-0.15, -0.1) is 0 Å². The van der Waals surface area contributed by atoms with Crippen LogP contribution in [-0.4, -0.2) is 23.9 Å². The van der Waals surface area contributed by atoms with Crippen molar-refractivity contribution in [1.82, 2.24) is 10.4 Å². The van der Waals surface area contributed by atoms with E-state index in [1.807, 2.05) is 42.5 Å². The lowest BCUT2D eigenvalue weighted by molar-refractivity contribution is -0.122. The van der Waals surface area contributed by atoms with Crippen molar-refractivity contribution in [2.75, 3.05) is 12.4 Å². The minimum absolute atomic E-state index is 0.288. The quantitative estimate of drug-likeness (QED) is 0.851. The summed E-state index contributed by atoms with van der Waals surface area (Å²) in [7, 11) is 1.52. The number of hydrazine groups is 1. The Hall–Kier alpha value is -2.82. The van der Waals surface area contributed by atoms with Crippen LogP contribution in [0.2, 0.25) is 0 Å². The number of amides is 2. The number of hydrogen-bond donors (Lipinski definition) is 2. The lowest BCUT2D eigenvalue weighted by Gasteiger charge is -2.19. The third-order valence-corrected chi connectivity index (χ3v) is 2.84. The molecule has 0 heterocycles. The molecule has 0 radical (unpaired) electrons. The van der Waals surface area contributed by atoms with E-state index in [0.29, 0.717) is 11.3 Å². The molecule has 2 rings (SSSR count). The number of rotatable bonds is 3. The summed E-state index contributed by atoms with van der Waals surface area (Å²) in [4.78, 5) is 23.4. The molecule has 2 N–H and O–H groups in total. The molecule has 2 amide bonds. The third-order valence-electron chi connectivity index (χ3n) is 2.84. The first-order valence-electron chi connectivity index (χ1n) is 6.54. The van der Waals surface area contributed by atoms with Gasteiger partial charge in [-0.2, -0.15) is 0 Å². The fraction of sp³-hybridized carbons (Fsp3) is 0.125. The summed E-state index contributed by atoms with van der Waals surface area (Å²) in [6.45, 7) is 1.36. The molecule has 0 saturated carbocycles. The zero-order valence-corrected chi connectivity index (χ0v) is 12.0. The molecule has 0 atom stereocenters. The molecular formula is C16H17N3O2. The fourth-order valence-electron chi connectivity index (χ4n) is 1.92. The maximum absolute atomic E-state index is 12.4. The highest BCUT2D eigenvalue weighted by molar-refractivity contribution is 6.00. The Labute approximate surface area is 123 Å². The van der Waals surface area contributed by atoms with Gasteiger partial charge in [0.1, 0.15) is 0 Å². The van der Waals surface area contributed by atoms with Crippen molar-refractivity contribution in [1.29, 1.82) is 0 Å². The predicted molar refractivity (Wildman–Crippen MR) is 82.1 cm³/mol. The minimum atomic E-state index is -0.292. The van der Waals surface area contributed by atoms with Gasteiger partial charge in [0.05, 0.1) is 11.3 Å². The van der Waals surface area contributed by atoms with Gasteiger partial charge in [-0.3, -0.25) is 20.0 Å². The van der Waals surface area contributed by atoms with E-state index in [1.54, 1.807) is 12.1 Å². The summed E-state index contributed by atoms with van der Waals surface area (Å²) in [5.74, 6) is -0.580. The molecule has 0 aliphatic heterocycles. The van der Waals surface area contributed by atoms with Crippen molar-refractivity contribution >= 4 is 23.2 Å². The SMILES string of the molecule is CC(=O)NN(C)C(=O)c1ccccc1Nc1ccccc1. The van der Waals surface area contributed by atoms with Crippen LogP contribution in [0, 0.1) is 0 Å². The second kappa shape index (κ2) is 6.56. The van der Waals surface area contributed by atoms with Gasteiger partial charge in [0.2, 0.25) is 5.91 Å². The number of benzene rings is 2. The molecule has 2 aromatic carbocycles. The Morgan fingerprint density at radius 1 is 0.952 bits per heavy atom. The topological polar surface area (TPSA) is 61.4 Å². The van der Waals surface area contributed by atoms with E-state index in [-0.39, 0.29) is 11.8 Å². The van der Waals surface area contributed by atoms with Gasteiger partial charge in [0.15, 0.2) is 0 Å². The smallest absolute Gasteiger partial charge is 0.274 e. The van der Waals surface area contributed by atoms with Gasteiger partial charge in [0.25, 0.3) is 5.91 Å². The third kappa shape index (κ3) is 3.82. The van der Waals surface area contributed by atoms with Crippen molar-refractivity contribution < 1.29 is 9.59 Å². The summed E-state index contributed by atoms with van der Waals surface area (Å²) < 4.78 is 0. The number of carbonyl (C=O) groups excluding carboxylic acids is 2. The normalized spacial score (nSPS) is 9.81. The second-order valence-electron chi connectivity index (χ2n) is 4.57.